The van der Waals surface area contributed by atoms with Crippen LogP contribution in [0.4, 0.5) is 0 Å². The van der Waals surface area contributed by atoms with Crippen molar-refractivity contribution in [3.05, 3.63) is 0 Å². The standard InChI is InChI=1S/C13H21NO5/c1-12(2,3)19-11(16)13(8-10(15)18-4)6-5-9(7-13)14-17/h17H,5-8H2,1-4H3/b14-9+. The first-order valence-electron chi connectivity index (χ1n) is 6.22. The molecule has 0 saturated heterocycles. The number of hydrogen-bond acceptors (Lipinski definition) is 6. The van der Waals surface area contributed by atoms with Crippen molar-refractivity contribution < 1.29 is 24.3 Å². The van der Waals surface area contributed by atoms with Gasteiger partial charge in [-0.15, -0.1) is 0 Å². The van der Waals surface area contributed by atoms with Gasteiger partial charge in [-0.3, -0.25) is 9.59 Å². The van der Waals surface area contributed by atoms with Crippen molar-refractivity contribution in [1.82, 2.24) is 0 Å². The number of ether oxygens (including phenoxy) is 2. The molecule has 0 heterocycles. The second kappa shape index (κ2) is 5.59. The third-order valence-corrected chi connectivity index (χ3v) is 3.12. The van der Waals surface area contributed by atoms with Crippen molar-refractivity contribution in [2.75, 3.05) is 7.11 Å². The van der Waals surface area contributed by atoms with Gasteiger partial charge >= 0.3 is 11.9 Å². The summed E-state index contributed by atoms with van der Waals surface area (Å²) in [5, 5.41) is 12.0. The second-order valence-electron chi connectivity index (χ2n) is 5.88. The van der Waals surface area contributed by atoms with Gasteiger partial charge in [-0.25, -0.2) is 0 Å². The summed E-state index contributed by atoms with van der Waals surface area (Å²) in [5.41, 5.74) is -1.09. The van der Waals surface area contributed by atoms with Gasteiger partial charge in [-0.2, -0.15) is 0 Å². The highest BCUT2D eigenvalue weighted by Gasteiger charge is 2.48. The molecule has 1 aliphatic rings. The van der Waals surface area contributed by atoms with Crippen LogP contribution >= 0.6 is 0 Å². The van der Waals surface area contributed by atoms with Crippen molar-refractivity contribution in [2.24, 2.45) is 10.6 Å². The molecule has 19 heavy (non-hydrogen) atoms. The maximum absolute atomic E-state index is 12.3. The minimum Gasteiger partial charge on any atom is -0.469 e. The summed E-state index contributed by atoms with van der Waals surface area (Å²) in [5.74, 6) is -0.908. The SMILES string of the molecule is COC(=O)CC1(C(=O)OC(C)(C)C)CC/C(=N\O)C1. The molecule has 108 valence electrons. The fraction of sp³-hybridized carbons (Fsp3) is 0.769. The van der Waals surface area contributed by atoms with Crippen LogP contribution in [0.25, 0.3) is 0 Å². The maximum Gasteiger partial charge on any atom is 0.313 e. The van der Waals surface area contributed by atoms with Crippen molar-refractivity contribution in [1.29, 1.82) is 0 Å². The van der Waals surface area contributed by atoms with Crippen molar-refractivity contribution in [3.8, 4) is 0 Å². The fourth-order valence-electron chi connectivity index (χ4n) is 2.17. The number of hydrogen-bond donors (Lipinski definition) is 1. The lowest BCUT2D eigenvalue weighted by Crippen LogP contribution is -2.38. The molecule has 1 unspecified atom stereocenters. The van der Waals surface area contributed by atoms with E-state index in [1.165, 1.54) is 7.11 Å². The Morgan fingerprint density at radius 1 is 1.42 bits per heavy atom. The molecule has 1 aliphatic carbocycles. The molecule has 0 spiro atoms. The first-order valence-corrected chi connectivity index (χ1v) is 6.22. The highest BCUT2D eigenvalue weighted by Crippen LogP contribution is 2.42. The Balaban J connectivity index is 2.93. The lowest BCUT2D eigenvalue weighted by atomic mass is 9.82. The maximum atomic E-state index is 12.3. The van der Waals surface area contributed by atoms with E-state index in [2.05, 4.69) is 9.89 Å². The average molecular weight is 271 g/mol. The zero-order chi connectivity index (χ0) is 14.7. The molecule has 1 rings (SSSR count). The van der Waals surface area contributed by atoms with Gasteiger partial charge in [0.2, 0.25) is 0 Å². The smallest absolute Gasteiger partial charge is 0.313 e. The Morgan fingerprint density at radius 3 is 2.47 bits per heavy atom. The van der Waals surface area contributed by atoms with E-state index in [9.17, 15) is 9.59 Å². The molecule has 1 fully saturated rings. The van der Waals surface area contributed by atoms with E-state index in [0.717, 1.165) is 0 Å². The van der Waals surface area contributed by atoms with Crippen LogP contribution in [0, 0.1) is 5.41 Å². The average Bonchev–Trinajstić information content (AvgIpc) is 2.71. The Labute approximate surface area is 112 Å². The van der Waals surface area contributed by atoms with Crippen molar-refractivity contribution in [2.45, 2.75) is 52.1 Å². The Hall–Kier alpha value is -1.59. The largest absolute Gasteiger partial charge is 0.469 e. The minimum absolute atomic E-state index is 0.0581. The van der Waals surface area contributed by atoms with E-state index in [0.29, 0.717) is 18.6 Å². The molecule has 6 heteroatoms. The number of esters is 2. The van der Waals surface area contributed by atoms with E-state index in [4.69, 9.17) is 9.94 Å². The van der Waals surface area contributed by atoms with Crippen LogP contribution in [0.3, 0.4) is 0 Å². The van der Waals surface area contributed by atoms with Gasteiger partial charge in [-0.05, 0) is 33.6 Å². The molecule has 0 bridgehead atoms. The number of rotatable bonds is 3. The fourth-order valence-corrected chi connectivity index (χ4v) is 2.17. The predicted molar refractivity (Wildman–Crippen MR) is 68.0 cm³/mol. The van der Waals surface area contributed by atoms with E-state index in [1.807, 2.05) is 0 Å². The van der Waals surface area contributed by atoms with E-state index >= 15 is 0 Å². The van der Waals surface area contributed by atoms with Crippen LogP contribution in [0.2, 0.25) is 0 Å². The summed E-state index contributed by atoms with van der Waals surface area (Å²) >= 11 is 0. The number of methoxy groups -OCH3 is 1. The number of carbonyl (C=O) groups excluding carboxylic acids is 2. The van der Waals surface area contributed by atoms with Crippen LogP contribution in [0.1, 0.15) is 46.5 Å². The van der Waals surface area contributed by atoms with Crippen LogP contribution in [0.15, 0.2) is 5.16 Å². The van der Waals surface area contributed by atoms with Crippen molar-refractivity contribution in [3.63, 3.8) is 0 Å². The lowest BCUT2D eigenvalue weighted by Gasteiger charge is -2.29. The summed E-state index contributed by atoms with van der Waals surface area (Å²) in [6.07, 6.45) is 1.08. The number of nitrogens with zero attached hydrogens (tertiary/aromatic N) is 1. The molecular weight excluding hydrogens is 250 g/mol. The van der Waals surface area contributed by atoms with Gasteiger partial charge in [0.05, 0.1) is 24.7 Å². The first kappa shape index (κ1) is 15.5. The molecule has 1 atom stereocenters. The topological polar surface area (TPSA) is 85.2 Å². The van der Waals surface area contributed by atoms with Gasteiger partial charge in [0, 0.05) is 6.42 Å². The normalized spacial score (nSPS) is 25.4. The molecule has 1 saturated carbocycles. The molecule has 0 aromatic rings. The summed E-state index contributed by atoms with van der Waals surface area (Å²) in [7, 11) is 1.28. The zero-order valence-electron chi connectivity index (χ0n) is 11.9. The van der Waals surface area contributed by atoms with Gasteiger partial charge < -0.3 is 14.7 Å². The predicted octanol–water partition coefficient (Wildman–Crippen LogP) is 1.89. The third kappa shape index (κ3) is 3.94. The monoisotopic (exact) mass is 271 g/mol. The summed E-state index contributed by atoms with van der Waals surface area (Å²) < 4.78 is 10.0. The zero-order valence-corrected chi connectivity index (χ0v) is 11.9. The molecule has 6 nitrogen and oxygen atoms in total. The van der Waals surface area contributed by atoms with Gasteiger partial charge in [0.1, 0.15) is 5.60 Å². The van der Waals surface area contributed by atoms with Crippen LogP contribution in [-0.4, -0.2) is 35.6 Å². The van der Waals surface area contributed by atoms with E-state index in [-0.39, 0.29) is 12.8 Å². The molecule has 0 aromatic heterocycles. The third-order valence-electron chi connectivity index (χ3n) is 3.12. The second-order valence-corrected chi connectivity index (χ2v) is 5.88. The minimum atomic E-state index is -0.970. The number of oxime groups is 1. The summed E-state index contributed by atoms with van der Waals surface area (Å²) in [6, 6.07) is 0. The molecule has 0 amide bonds. The van der Waals surface area contributed by atoms with Crippen LogP contribution < -0.4 is 0 Å². The van der Waals surface area contributed by atoms with E-state index < -0.39 is 23.0 Å². The van der Waals surface area contributed by atoms with E-state index in [1.54, 1.807) is 20.8 Å². The Bertz CT molecular complexity index is 396. The van der Waals surface area contributed by atoms with Gasteiger partial charge in [0.15, 0.2) is 0 Å². The van der Waals surface area contributed by atoms with Gasteiger partial charge in [0.25, 0.3) is 0 Å². The summed E-state index contributed by atoms with van der Waals surface area (Å²) in [6.45, 7) is 5.31. The highest BCUT2D eigenvalue weighted by molar-refractivity contribution is 5.95. The number of carbonyl (C=O) groups is 2. The Kier molecular flexibility index (Phi) is 4.55. The molecule has 0 radical (unpaired) electrons. The van der Waals surface area contributed by atoms with Gasteiger partial charge in [-0.1, -0.05) is 5.16 Å². The lowest BCUT2D eigenvalue weighted by molar-refractivity contribution is -0.171. The molecular formula is C13H21NO5. The van der Waals surface area contributed by atoms with Crippen LogP contribution in [-0.2, 0) is 19.1 Å². The Morgan fingerprint density at radius 2 is 2.05 bits per heavy atom. The van der Waals surface area contributed by atoms with Crippen LogP contribution in [0.5, 0.6) is 0 Å². The first-order chi connectivity index (χ1) is 8.72. The molecule has 0 aliphatic heterocycles. The van der Waals surface area contributed by atoms with Crippen molar-refractivity contribution >= 4 is 17.7 Å². The quantitative estimate of drug-likeness (QED) is 0.481. The molecule has 1 N–H and O–H groups in total. The highest BCUT2D eigenvalue weighted by atomic mass is 16.6. The summed E-state index contributed by atoms with van der Waals surface area (Å²) in [4.78, 5) is 23.8. The molecule has 0 aromatic carbocycles.